The fraction of sp³-hybridized carbons (Fsp3) is 0.364. The molecule has 2 aromatic carbocycles. The minimum absolute atomic E-state index is 0.0192. The summed E-state index contributed by atoms with van der Waals surface area (Å²) in [5, 5.41) is 1.06. The molecule has 1 aromatic heterocycles. The van der Waals surface area contributed by atoms with Gasteiger partial charge in [-0.1, -0.05) is 42.3 Å². The molecule has 3 aromatic rings. The molecule has 10 heteroatoms. The van der Waals surface area contributed by atoms with Crippen LogP contribution in [0.15, 0.2) is 52.2 Å². The van der Waals surface area contributed by atoms with Gasteiger partial charge in [-0.15, -0.1) is 0 Å². The van der Waals surface area contributed by atoms with Crippen molar-refractivity contribution in [3.63, 3.8) is 0 Å². The van der Waals surface area contributed by atoms with Crippen LogP contribution in [0.25, 0.3) is 10.9 Å². The standard InChI is InChI=1S/C22H24Cl2N4O3S/c1-3-19(21-25-18-7-5-4-6-16(18)22(29)26(21)2)27-10-12-28(13-11-27)32(30,31)20-14-15(23)8-9-17(20)24/h4-9,14,19H,3,10-13H2,1-2H3. The van der Waals surface area contributed by atoms with E-state index in [4.69, 9.17) is 28.2 Å². The number of para-hydroxylation sites is 1. The molecule has 1 atom stereocenters. The van der Waals surface area contributed by atoms with Crippen LogP contribution in [0.2, 0.25) is 10.0 Å². The van der Waals surface area contributed by atoms with Crippen molar-refractivity contribution in [1.82, 2.24) is 18.8 Å². The van der Waals surface area contributed by atoms with E-state index in [1.165, 1.54) is 16.4 Å². The van der Waals surface area contributed by atoms with Crippen LogP contribution in [0.1, 0.15) is 25.2 Å². The number of rotatable bonds is 5. The summed E-state index contributed by atoms with van der Waals surface area (Å²) in [7, 11) is -2.02. The summed E-state index contributed by atoms with van der Waals surface area (Å²) >= 11 is 12.1. The molecule has 0 saturated carbocycles. The first-order chi connectivity index (χ1) is 15.2. The lowest BCUT2D eigenvalue weighted by Crippen LogP contribution is -2.50. The van der Waals surface area contributed by atoms with E-state index in [0.29, 0.717) is 47.9 Å². The quantitative estimate of drug-likeness (QED) is 0.540. The summed E-state index contributed by atoms with van der Waals surface area (Å²) in [5.41, 5.74) is 0.585. The van der Waals surface area contributed by atoms with Gasteiger partial charge < -0.3 is 0 Å². The molecular weight excluding hydrogens is 471 g/mol. The number of piperazine rings is 1. The molecule has 2 heterocycles. The van der Waals surface area contributed by atoms with E-state index in [-0.39, 0.29) is 21.5 Å². The Morgan fingerprint density at radius 1 is 1.06 bits per heavy atom. The second-order valence-electron chi connectivity index (χ2n) is 7.79. The largest absolute Gasteiger partial charge is 0.298 e. The SMILES string of the molecule is CCC(c1nc2ccccc2c(=O)n1C)N1CCN(S(=O)(=O)c2cc(Cl)ccc2Cl)CC1. The van der Waals surface area contributed by atoms with E-state index in [0.717, 1.165) is 6.42 Å². The van der Waals surface area contributed by atoms with Crippen molar-refractivity contribution in [3.8, 4) is 0 Å². The molecule has 4 rings (SSSR count). The van der Waals surface area contributed by atoms with Gasteiger partial charge in [0.15, 0.2) is 0 Å². The summed E-state index contributed by atoms with van der Waals surface area (Å²) in [5.74, 6) is 0.686. The molecule has 1 fully saturated rings. The van der Waals surface area contributed by atoms with Gasteiger partial charge in [-0.2, -0.15) is 4.31 Å². The van der Waals surface area contributed by atoms with E-state index in [1.54, 1.807) is 23.7 Å². The van der Waals surface area contributed by atoms with Crippen molar-refractivity contribution in [2.75, 3.05) is 26.2 Å². The van der Waals surface area contributed by atoms with Crippen molar-refractivity contribution < 1.29 is 8.42 Å². The average Bonchev–Trinajstić information content (AvgIpc) is 2.79. The number of fused-ring (bicyclic) bond motifs is 1. The van der Waals surface area contributed by atoms with E-state index < -0.39 is 10.0 Å². The minimum Gasteiger partial charge on any atom is -0.298 e. The zero-order valence-corrected chi connectivity index (χ0v) is 20.2. The van der Waals surface area contributed by atoms with Crippen LogP contribution in [0.3, 0.4) is 0 Å². The van der Waals surface area contributed by atoms with E-state index in [9.17, 15) is 13.2 Å². The second-order valence-corrected chi connectivity index (χ2v) is 10.5. The Hall–Kier alpha value is -1.97. The van der Waals surface area contributed by atoms with Gasteiger partial charge in [0.05, 0.1) is 22.0 Å². The van der Waals surface area contributed by atoms with Crippen LogP contribution < -0.4 is 5.56 Å². The molecule has 0 N–H and O–H groups in total. The molecule has 7 nitrogen and oxygen atoms in total. The normalized spacial score (nSPS) is 17.0. The number of benzene rings is 2. The zero-order valence-electron chi connectivity index (χ0n) is 17.8. The monoisotopic (exact) mass is 494 g/mol. The van der Waals surface area contributed by atoms with Crippen LogP contribution in [0, 0.1) is 0 Å². The molecule has 32 heavy (non-hydrogen) atoms. The predicted molar refractivity (Wildman–Crippen MR) is 127 cm³/mol. The highest BCUT2D eigenvalue weighted by molar-refractivity contribution is 7.89. The Balaban J connectivity index is 1.58. The van der Waals surface area contributed by atoms with E-state index >= 15 is 0 Å². The maximum Gasteiger partial charge on any atom is 0.261 e. The first kappa shape index (κ1) is 23.2. The van der Waals surface area contributed by atoms with Crippen molar-refractivity contribution in [2.45, 2.75) is 24.3 Å². The molecular formula is C22H24Cl2N4O3S. The van der Waals surface area contributed by atoms with Crippen molar-refractivity contribution in [3.05, 3.63) is 68.7 Å². The third kappa shape index (κ3) is 4.18. The molecule has 1 saturated heterocycles. The minimum atomic E-state index is -3.76. The number of halogens is 2. The molecule has 0 spiro atoms. The lowest BCUT2D eigenvalue weighted by atomic mass is 10.1. The summed E-state index contributed by atoms with van der Waals surface area (Å²) in [4.78, 5) is 19.8. The number of sulfonamides is 1. The van der Waals surface area contributed by atoms with Gasteiger partial charge in [-0.3, -0.25) is 14.3 Å². The van der Waals surface area contributed by atoms with Gasteiger partial charge in [0, 0.05) is 38.2 Å². The summed E-state index contributed by atoms with van der Waals surface area (Å²) in [6, 6.07) is 11.6. The first-order valence-electron chi connectivity index (χ1n) is 10.4. The van der Waals surface area contributed by atoms with Gasteiger partial charge in [-0.25, -0.2) is 13.4 Å². The molecule has 0 radical (unpaired) electrons. The van der Waals surface area contributed by atoms with Gasteiger partial charge >= 0.3 is 0 Å². The molecule has 1 aliphatic rings. The highest BCUT2D eigenvalue weighted by atomic mass is 35.5. The Morgan fingerprint density at radius 3 is 2.44 bits per heavy atom. The molecule has 0 amide bonds. The fourth-order valence-electron chi connectivity index (χ4n) is 4.21. The number of hydrogen-bond donors (Lipinski definition) is 0. The summed E-state index contributed by atoms with van der Waals surface area (Å²) in [6.45, 7) is 3.69. The maximum absolute atomic E-state index is 13.1. The van der Waals surface area contributed by atoms with Crippen LogP contribution in [-0.2, 0) is 17.1 Å². The summed E-state index contributed by atoms with van der Waals surface area (Å²) < 4.78 is 29.3. The number of nitrogens with zero attached hydrogens (tertiary/aromatic N) is 4. The van der Waals surface area contributed by atoms with Crippen molar-refractivity contribution >= 4 is 44.1 Å². The van der Waals surface area contributed by atoms with E-state index in [1.807, 2.05) is 25.1 Å². The summed E-state index contributed by atoms with van der Waals surface area (Å²) in [6.07, 6.45) is 0.742. The van der Waals surface area contributed by atoms with Crippen molar-refractivity contribution in [1.29, 1.82) is 0 Å². The first-order valence-corrected chi connectivity index (χ1v) is 12.6. The zero-order chi connectivity index (χ0) is 23.0. The van der Waals surface area contributed by atoms with Gasteiger partial charge in [0.25, 0.3) is 5.56 Å². The topological polar surface area (TPSA) is 75.5 Å². The Bertz CT molecular complexity index is 1320. The smallest absolute Gasteiger partial charge is 0.261 e. The Labute approximate surface area is 197 Å². The van der Waals surface area contributed by atoms with Gasteiger partial charge in [0.1, 0.15) is 10.7 Å². The molecule has 170 valence electrons. The van der Waals surface area contributed by atoms with Crippen LogP contribution in [0.4, 0.5) is 0 Å². The fourth-order valence-corrected chi connectivity index (χ4v) is 6.37. The van der Waals surface area contributed by atoms with Crippen molar-refractivity contribution in [2.24, 2.45) is 7.05 Å². The van der Waals surface area contributed by atoms with Crippen LogP contribution in [0.5, 0.6) is 0 Å². The molecule has 0 bridgehead atoms. The highest BCUT2D eigenvalue weighted by Crippen LogP contribution is 2.30. The third-order valence-electron chi connectivity index (χ3n) is 5.93. The predicted octanol–water partition coefficient (Wildman–Crippen LogP) is 3.70. The van der Waals surface area contributed by atoms with E-state index in [2.05, 4.69) is 4.90 Å². The van der Waals surface area contributed by atoms with Gasteiger partial charge in [0.2, 0.25) is 10.0 Å². The van der Waals surface area contributed by atoms with Crippen LogP contribution in [-0.4, -0.2) is 53.4 Å². The lowest BCUT2D eigenvalue weighted by Gasteiger charge is -2.38. The third-order valence-corrected chi connectivity index (χ3v) is 8.54. The molecule has 1 aliphatic heterocycles. The Kier molecular flexibility index (Phi) is 6.61. The highest BCUT2D eigenvalue weighted by Gasteiger charge is 2.33. The lowest BCUT2D eigenvalue weighted by molar-refractivity contribution is 0.126. The average molecular weight is 495 g/mol. The molecule has 1 unspecified atom stereocenters. The van der Waals surface area contributed by atoms with Gasteiger partial charge in [-0.05, 0) is 36.8 Å². The maximum atomic E-state index is 13.1. The Morgan fingerprint density at radius 2 is 1.75 bits per heavy atom. The second kappa shape index (κ2) is 9.11. The molecule has 0 aliphatic carbocycles. The number of aromatic nitrogens is 2. The van der Waals surface area contributed by atoms with Crippen LogP contribution >= 0.6 is 23.2 Å². The number of hydrogen-bond acceptors (Lipinski definition) is 5.